The van der Waals surface area contributed by atoms with E-state index in [1.807, 2.05) is 0 Å². The monoisotopic (exact) mass is 199 g/mol. The molecule has 2 aliphatic rings. The number of rotatable bonds is 2. The maximum atomic E-state index is 3.64. The molecule has 0 spiro atoms. The molecule has 2 aliphatic carbocycles. The van der Waals surface area contributed by atoms with Crippen LogP contribution in [-0.2, 0) is 0 Å². The molecule has 1 aromatic rings. The van der Waals surface area contributed by atoms with Gasteiger partial charge in [0.15, 0.2) is 0 Å². The number of benzene rings is 1. The SMILES string of the molecule is Cc1cccc(NC2CC3CC=CC32)c1. The third-order valence-electron chi connectivity index (χ3n) is 3.73. The van der Waals surface area contributed by atoms with Crippen LogP contribution in [0.25, 0.3) is 0 Å². The zero-order valence-electron chi connectivity index (χ0n) is 9.11. The molecule has 0 radical (unpaired) electrons. The van der Waals surface area contributed by atoms with Crippen LogP contribution in [0.15, 0.2) is 36.4 Å². The van der Waals surface area contributed by atoms with Gasteiger partial charge < -0.3 is 5.32 Å². The molecule has 0 bridgehead atoms. The summed E-state index contributed by atoms with van der Waals surface area (Å²) >= 11 is 0. The van der Waals surface area contributed by atoms with E-state index in [0.29, 0.717) is 6.04 Å². The van der Waals surface area contributed by atoms with Gasteiger partial charge in [-0.05, 0) is 43.4 Å². The zero-order valence-corrected chi connectivity index (χ0v) is 9.11. The summed E-state index contributed by atoms with van der Waals surface area (Å²) in [5, 5.41) is 3.64. The Hall–Kier alpha value is -1.24. The average Bonchev–Trinajstić information content (AvgIpc) is 2.56. The van der Waals surface area contributed by atoms with Crippen molar-refractivity contribution in [3.8, 4) is 0 Å². The highest BCUT2D eigenvalue weighted by Crippen LogP contribution is 2.43. The molecule has 3 unspecified atom stereocenters. The molecule has 15 heavy (non-hydrogen) atoms. The third kappa shape index (κ3) is 1.56. The zero-order chi connectivity index (χ0) is 10.3. The van der Waals surface area contributed by atoms with Gasteiger partial charge in [-0.15, -0.1) is 0 Å². The predicted octanol–water partition coefficient (Wildman–Crippen LogP) is 3.37. The molecule has 0 aromatic heterocycles. The number of hydrogen-bond acceptors (Lipinski definition) is 1. The number of allylic oxidation sites excluding steroid dienone is 1. The van der Waals surface area contributed by atoms with E-state index in [0.717, 1.165) is 11.8 Å². The van der Waals surface area contributed by atoms with Gasteiger partial charge in [-0.1, -0.05) is 24.3 Å². The Bertz CT molecular complexity index is 394. The van der Waals surface area contributed by atoms with Crippen molar-refractivity contribution < 1.29 is 0 Å². The molecular weight excluding hydrogens is 182 g/mol. The maximum Gasteiger partial charge on any atom is 0.0345 e. The van der Waals surface area contributed by atoms with Crippen molar-refractivity contribution in [2.24, 2.45) is 11.8 Å². The molecule has 1 N–H and O–H groups in total. The minimum atomic E-state index is 0.676. The highest BCUT2D eigenvalue weighted by atomic mass is 14.9. The molecule has 0 aliphatic heterocycles. The van der Waals surface area contributed by atoms with Crippen molar-refractivity contribution >= 4 is 5.69 Å². The molecule has 1 nitrogen and oxygen atoms in total. The summed E-state index contributed by atoms with van der Waals surface area (Å²) in [7, 11) is 0. The lowest BCUT2D eigenvalue weighted by Gasteiger charge is -2.41. The first-order chi connectivity index (χ1) is 7.33. The first kappa shape index (κ1) is 9.02. The molecule has 0 saturated heterocycles. The summed E-state index contributed by atoms with van der Waals surface area (Å²) in [4.78, 5) is 0. The van der Waals surface area contributed by atoms with Crippen molar-refractivity contribution in [1.29, 1.82) is 0 Å². The molecule has 1 fully saturated rings. The topological polar surface area (TPSA) is 12.0 Å². The first-order valence-electron chi connectivity index (χ1n) is 5.83. The largest absolute Gasteiger partial charge is 0.382 e. The van der Waals surface area contributed by atoms with Crippen LogP contribution in [0.5, 0.6) is 0 Å². The molecule has 3 rings (SSSR count). The van der Waals surface area contributed by atoms with E-state index in [2.05, 4.69) is 48.7 Å². The van der Waals surface area contributed by atoms with Crippen LogP contribution in [0.4, 0.5) is 5.69 Å². The van der Waals surface area contributed by atoms with Crippen LogP contribution < -0.4 is 5.32 Å². The minimum absolute atomic E-state index is 0.676. The summed E-state index contributed by atoms with van der Waals surface area (Å²) in [6.07, 6.45) is 7.37. The van der Waals surface area contributed by atoms with E-state index in [1.165, 1.54) is 24.1 Å². The average molecular weight is 199 g/mol. The van der Waals surface area contributed by atoms with Crippen molar-refractivity contribution in [3.63, 3.8) is 0 Å². The summed E-state index contributed by atoms with van der Waals surface area (Å²) in [5.41, 5.74) is 2.61. The Morgan fingerprint density at radius 2 is 2.27 bits per heavy atom. The van der Waals surface area contributed by atoms with Gasteiger partial charge >= 0.3 is 0 Å². The standard InChI is InChI=1S/C14H17N/c1-10-4-2-6-12(8-10)15-14-9-11-5-3-7-13(11)14/h2-4,6-8,11,13-15H,5,9H2,1H3. The van der Waals surface area contributed by atoms with Crippen LogP contribution in [-0.4, -0.2) is 6.04 Å². The second-order valence-electron chi connectivity index (χ2n) is 4.86. The lowest BCUT2D eigenvalue weighted by molar-refractivity contribution is 0.218. The van der Waals surface area contributed by atoms with Gasteiger partial charge in [0.25, 0.3) is 0 Å². The Morgan fingerprint density at radius 1 is 1.33 bits per heavy atom. The summed E-state index contributed by atoms with van der Waals surface area (Å²) in [6.45, 7) is 2.14. The van der Waals surface area contributed by atoms with E-state index in [4.69, 9.17) is 0 Å². The predicted molar refractivity (Wildman–Crippen MR) is 63.9 cm³/mol. The molecule has 1 aromatic carbocycles. The van der Waals surface area contributed by atoms with E-state index in [1.54, 1.807) is 0 Å². The third-order valence-corrected chi connectivity index (χ3v) is 3.73. The Balaban J connectivity index is 1.69. The van der Waals surface area contributed by atoms with Gasteiger partial charge in [-0.3, -0.25) is 0 Å². The number of nitrogens with one attached hydrogen (secondary N) is 1. The van der Waals surface area contributed by atoms with E-state index in [9.17, 15) is 0 Å². The number of aryl methyl sites for hydroxylation is 1. The van der Waals surface area contributed by atoms with Gasteiger partial charge in [-0.2, -0.15) is 0 Å². The summed E-state index contributed by atoms with van der Waals surface area (Å²) in [6, 6.07) is 9.34. The molecule has 1 saturated carbocycles. The first-order valence-corrected chi connectivity index (χ1v) is 5.83. The summed E-state index contributed by atoms with van der Waals surface area (Å²) in [5.74, 6) is 1.73. The number of anilines is 1. The lowest BCUT2D eigenvalue weighted by Crippen LogP contribution is -2.43. The number of hydrogen-bond donors (Lipinski definition) is 1. The molecular formula is C14H17N. The van der Waals surface area contributed by atoms with Crippen molar-refractivity contribution in [2.45, 2.75) is 25.8 Å². The fourth-order valence-electron chi connectivity index (χ4n) is 2.83. The van der Waals surface area contributed by atoms with Crippen LogP contribution in [0, 0.1) is 18.8 Å². The quantitative estimate of drug-likeness (QED) is 0.720. The van der Waals surface area contributed by atoms with Crippen LogP contribution in [0.3, 0.4) is 0 Å². The highest BCUT2D eigenvalue weighted by molar-refractivity contribution is 5.47. The van der Waals surface area contributed by atoms with Gasteiger partial charge in [0.1, 0.15) is 0 Å². The number of fused-ring (bicyclic) bond motifs is 1. The van der Waals surface area contributed by atoms with Gasteiger partial charge in [0, 0.05) is 17.6 Å². The van der Waals surface area contributed by atoms with Gasteiger partial charge in [0.05, 0.1) is 0 Å². The van der Waals surface area contributed by atoms with Crippen LogP contribution in [0.1, 0.15) is 18.4 Å². The van der Waals surface area contributed by atoms with Crippen molar-refractivity contribution in [3.05, 3.63) is 42.0 Å². The fourth-order valence-corrected chi connectivity index (χ4v) is 2.83. The fraction of sp³-hybridized carbons (Fsp3) is 0.429. The van der Waals surface area contributed by atoms with E-state index in [-0.39, 0.29) is 0 Å². The van der Waals surface area contributed by atoms with Crippen molar-refractivity contribution in [2.75, 3.05) is 5.32 Å². The summed E-state index contributed by atoms with van der Waals surface area (Å²) < 4.78 is 0. The second kappa shape index (κ2) is 3.41. The van der Waals surface area contributed by atoms with Crippen LogP contribution >= 0.6 is 0 Å². The van der Waals surface area contributed by atoms with E-state index >= 15 is 0 Å². The van der Waals surface area contributed by atoms with Crippen molar-refractivity contribution in [1.82, 2.24) is 0 Å². The maximum absolute atomic E-state index is 3.64. The van der Waals surface area contributed by atoms with Gasteiger partial charge in [0.2, 0.25) is 0 Å². The van der Waals surface area contributed by atoms with E-state index < -0.39 is 0 Å². The Labute approximate surface area is 91.2 Å². The van der Waals surface area contributed by atoms with Gasteiger partial charge in [-0.25, -0.2) is 0 Å². The Kier molecular flexibility index (Phi) is 2.05. The molecule has 78 valence electrons. The second-order valence-corrected chi connectivity index (χ2v) is 4.86. The molecule has 0 amide bonds. The Morgan fingerprint density at radius 3 is 3.07 bits per heavy atom. The normalized spacial score (nSPS) is 32.2. The minimum Gasteiger partial charge on any atom is -0.382 e. The smallest absolute Gasteiger partial charge is 0.0345 e. The van der Waals surface area contributed by atoms with Crippen LogP contribution in [0.2, 0.25) is 0 Å². The highest BCUT2D eigenvalue weighted by Gasteiger charge is 2.40. The molecule has 0 heterocycles. The molecule has 1 heteroatoms. The lowest BCUT2D eigenvalue weighted by atomic mass is 9.71. The molecule has 3 atom stereocenters.